The van der Waals surface area contributed by atoms with Crippen LogP contribution in [0.4, 0.5) is 5.69 Å². The standard InChI is InChI=1S/C28H37N5O4S/c1-2-10-32(11-3-4-12-34)28(35)24-13-23-9-8-22(15-26(23)31-27(30)16-24)21-6-5-7-25(14-21)38(36,37)33-18-20(17-29)19-33/h5-9,13-15,20,34H,2-4,10-12,16-19,29H2,1H3,(H2,30,31). The topological polar surface area (TPSA) is 142 Å². The number of hydrogen-bond donors (Lipinski definition) is 3. The monoisotopic (exact) mass is 539 g/mol. The highest BCUT2D eigenvalue weighted by Crippen LogP contribution is 2.34. The normalized spacial score (nSPS) is 16.2. The van der Waals surface area contributed by atoms with E-state index in [-0.39, 0.29) is 29.7 Å². The quantitative estimate of drug-likeness (QED) is 0.375. The number of unbranched alkanes of at least 4 members (excludes halogenated alkanes) is 1. The Balaban J connectivity index is 1.60. The average molecular weight is 540 g/mol. The fourth-order valence-corrected chi connectivity index (χ4v) is 6.40. The van der Waals surface area contributed by atoms with E-state index < -0.39 is 10.0 Å². The van der Waals surface area contributed by atoms with Crippen LogP contribution in [-0.4, -0.2) is 73.8 Å². The number of nitrogens with zero attached hydrogens (tertiary/aromatic N) is 3. The third kappa shape index (κ3) is 6.15. The van der Waals surface area contributed by atoms with Crippen LogP contribution in [0.15, 0.2) is 57.9 Å². The van der Waals surface area contributed by atoms with Gasteiger partial charge in [-0.15, -0.1) is 0 Å². The molecule has 0 bridgehead atoms. The van der Waals surface area contributed by atoms with Gasteiger partial charge in [0.05, 0.1) is 10.6 Å². The summed E-state index contributed by atoms with van der Waals surface area (Å²) in [4.78, 5) is 20.0. The van der Waals surface area contributed by atoms with Crippen molar-refractivity contribution in [2.75, 3.05) is 39.3 Å². The zero-order valence-electron chi connectivity index (χ0n) is 21.8. The Hall–Kier alpha value is -3.05. The van der Waals surface area contributed by atoms with Crippen molar-refractivity contribution in [3.05, 3.63) is 53.6 Å². The van der Waals surface area contributed by atoms with E-state index in [0.717, 1.165) is 29.5 Å². The number of fused-ring (bicyclic) bond motifs is 1. The number of carbonyl (C=O) groups excluding carboxylic acids is 1. The summed E-state index contributed by atoms with van der Waals surface area (Å²) in [6.07, 6.45) is 4.31. The summed E-state index contributed by atoms with van der Waals surface area (Å²) in [5.74, 6) is 0.483. The first-order valence-electron chi connectivity index (χ1n) is 13.1. The Morgan fingerprint density at radius 3 is 2.61 bits per heavy atom. The van der Waals surface area contributed by atoms with Crippen molar-refractivity contribution in [2.24, 2.45) is 22.4 Å². The molecule has 10 heteroatoms. The minimum absolute atomic E-state index is 0.0688. The number of amidine groups is 1. The maximum absolute atomic E-state index is 13.4. The van der Waals surface area contributed by atoms with Crippen LogP contribution in [0.2, 0.25) is 0 Å². The average Bonchev–Trinajstić information content (AvgIpc) is 3.04. The van der Waals surface area contributed by atoms with Crippen LogP contribution >= 0.6 is 0 Å². The number of hydrogen-bond acceptors (Lipinski definition) is 7. The molecule has 204 valence electrons. The van der Waals surface area contributed by atoms with Crippen molar-refractivity contribution in [1.29, 1.82) is 0 Å². The second kappa shape index (κ2) is 12.2. The molecule has 0 atom stereocenters. The van der Waals surface area contributed by atoms with Gasteiger partial charge in [-0.05, 0) is 67.1 Å². The van der Waals surface area contributed by atoms with Gasteiger partial charge in [-0.25, -0.2) is 13.4 Å². The molecule has 2 aromatic rings. The molecule has 0 spiro atoms. The lowest BCUT2D eigenvalue weighted by Gasteiger charge is -2.37. The summed E-state index contributed by atoms with van der Waals surface area (Å²) in [6.45, 7) is 4.72. The third-order valence-electron chi connectivity index (χ3n) is 6.95. The Bertz CT molecular complexity index is 1330. The van der Waals surface area contributed by atoms with Crippen LogP contribution in [0.25, 0.3) is 17.2 Å². The predicted molar refractivity (Wildman–Crippen MR) is 150 cm³/mol. The van der Waals surface area contributed by atoms with Gasteiger partial charge in [-0.1, -0.05) is 31.2 Å². The van der Waals surface area contributed by atoms with Crippen molar-refractivity contribution in [3.8, 4) is 11.1 Å². The smallest absolute Gasteiger partial charge is 0.250 e. The molecule has 5 N–H and O–H groups in total. The van der Waals surface area contributed by atoms with Crippen LogP contribution in [-0.2, 0) is 14.8 Å². The SMILES string of the molecule is CCCN(CCCCO)C(=O)C1=Cc2ccc(-c3cccc(S(=O)(=O)N4CC(CN)C4)c3)cc2N=C(N)C1. The molecule has 0 radical (unpaired) electrons. The Kier molecular flexibility index (Phi) is 8.99. The van der Waals surface area contributed by atoms with E-state index in [1.807, 2.05) is 42.2 Å². The summed E-state index contributed by atoms with van der Waals surface area (Å²) in [5.41, 5.74) is 15.4. The van der Waals surface area contributed by atoms with Gasteiger partial charge in [0, 0.05) is 50.3 Å². The van der Waals surface area contributed by atoms with Crippen molar-refractivity contribution in [2.45, 2.75) is 37.5 Å². The molecular formula is C28H37N5O4S. The molecule has 2 aliphatic heterocycles. The molecule has 0 unspecified atom stereocenters. The number of aliphatic hydroxyl groups excluding tert-OH is 1. The largest absolute Gasteiger partial charge is 0.396 e. The number of rotatable bonds is 11. The van der Waals surface area contributed by atoms with Gasteiger partial charge < -0.3 is 21.5 Å². The van der Waals surface area contributed by atoms with E-state index >= 15 is 0 Å². The Morgan fingerprint density at radius 1 is 1.13 bits per heavy atom. The molecular weight excluding hydrogens is 502 g/mol. The fourth-order valence-electron chi connectivity index (χ4n) is 4.76. The maximum atomic E-state index is 13.4. The Labute approximate surface area is 224 Å². The highest BCUT2D eigenvalue weighted by atomic mass is 32.2. The zero-order chi connectivity index (χ0) is 27.3. The lowest BCUT2D eigenvalue weighted by molar-refractivity contribution is -0.127. The van der Waals surface area contributed by atoms with Gasteiger partial charge >= 0.3 is 0 Å². The number of aliphatic hydroxyl groups is 1. The van der Waals surface area contributed by atoms with Gasteiger partial charge in [-0.2, -0.15) is 4.31 Å². The summed E-state index contributed by atoms with van der Waals surface area (Å²) >= 11 is 0. The van der Waals surface area contributed by atoms with E-state index in [0.29, 0.717) is 56.2 Å². The lowest BCUT2D eigenvalue weighted by Crippen LogP contribution is -2.52. The van der Waals surface area contributed by atoms with E-state index in [1.54, 1.807) is 18.2 Å². The first kappa shape index (κ1) is 28.0. The number of amides is 1. The minimum Gasteiger partial charge on any atom is -0.396 e. The first-order chi connectivity index (χ1) is 18.3. The van der Waals surface area contributed by atoms with Gasteiger partial charge in [0.25, 0.3) is 0 Å². The fraction of sp³-hybridized carbons (Fsp3) is 0.429. The molecule has 0 aromatic heterocycles. The maximum Gasteiger partial charge on any atom is 0.250 e. The van der Waals surface area contributed by atoms with Gasteiger partial charge in [0.15, 0.2) is 0 Å². The van der Waals surface area contributed by atoms with Crippen LogP contribution < -0.4 is 11.5 Å². The minimum atomic E-state index is -3.58. The molecule has 4 rings (SSSR count). The highest BCUT2D eigenvalue weighted by Gasteiger charge is 2.36. The van der Waals surface area contributed by atoms with Gasteiger partial charge in [-0.3, -0.25) is 4.79 Å². The van der Waals surface area contributed by atoms with Crippen LogP contribution in [0, 0.1) is 5.92 Å². The molecule has 38 heavy (non-hydrogen) atoms. The van der Waals surface area contributed by atoms with Crippen molar-refractivity contribution in [3.63, 3.8) is 0 Å². The predicted octanol–water partition coefficient (Wildman–Crippen LogP) is 2.72. The molecule has 2 heterocycles. The van der Waals surface area contributed by atoms with Crippen LogP contribution in [0.3, 0.4) is 0 Å². The molecule has 2 aliphatic rings. The van der Waals surface area contributed by atoms with Gasteiger partial charge in [0.1, 0.15) is 5.84 Å². The summed E-state index contributed by atoms with van der Waals surface area (Å²) in [7, 11) is -3.58. The first-order valence-corrected chi connectivity index (χ1v) is 14.6. The van der Waals surface area contributed by atoms with E-state index in [1.165, 1.54) is 4.31 Å². The highest BCUT2D eigenvalue weighted by molar-refractivity contribution is 7.89. The molecule has 1 fully saturated rings. The molecule has 1 saturated heterocycles. The van der Waals surface area contributed by atoms with E-state index in [2.05, 4.69) is 4.99 Å². The van der Waals surface area contributed by atoms with E-state index in [4.69, 9.17) is 16.6 Å². The van der Waals surface area contributed by atoms with E-state index in [9.17, 15) is 13.2 Å². The molecule has 0 saturated carbocycles. The summed E-state index contributed by atoms with van der Waals surface area (Å²) in [6, 6.07) is 12.5. The van der Waals surface area contributed by atoms with Crippen LogP contribution in [0.1, 0.15) is 38.2 Å². The number of aliphatic imine (C=N–C) groups is 1. The molecule has 1 amide bonds. The number of carbonyl (C=O) groups is 1. The van der Waals surface area contributed by atoms with Crippen molar-refractivity contribution in [1.82, 2.24) is 9.21 Å². The number of benzene rings is 2. The van der Waals surface area contributed by atoms with Gasteiger partial charge in [0.2, 0.25) is 15.9 Å². The zero-order valence-corrected chi connectivity index (χ0v) is 22.7. The van der Waals surface area contributed by atoms with Crippen molar-refractivity contribution < 1.29 is 18.3 Å². The Morgan fingerprint density at radius 2 is 1.89 bits per heavy atom. The second-order valence-electron chi connectivity index (χ2n) is 9.90. The van der Waals surface area contributed by atoms with Crippen molar-refractivity contribution >= 4 is 33.5 Å². The molecule has 0 aliphatic carbocycles. The molecule has 9 nitrogen and oxygen atoms in total. The second-order valence-corrected chi connectivity index (χ2v) is 11.8. The lowest BCUT2D eigenvalue weighted by atomic mass is 10.0. The summed E-state index contributed by atoms with van der Waals surface area (Å²) < 4.78 is 27.6. The molecule has 2 aromatic carbocycles. The number of sulfonamides is 1. The number of nitrogens with two attached hydrogens (primary N) is 2. The third-order valence-corrected chi connectivity index (χ3v) is 8.78. The van der Waals surface area contributed by atoms with Crippen LogP contribution in [0.5, 0.6) is 0 Å². The summed E-state index contributed by atoms with van der Waals surface area (Å²) in [5, 5.41) is 9.11.